The van der Waals surface area contributed by atoms with Crippen LogP contribution in [0.3, 0.4) is 0 Å². The highest BCUT2D eigenvalue weighted by molar-refractivity contribution is 9.10. The molecule has 0 saturated heterocycles. The molecule has 0 aliphatic heterocycles. The van der Waals surface area contributed by atoms with Crippen LogP contribution in [0.1, 0.15) is 15.9 Å². The van der Waals surface area contributed by atoms with Crippen LogP contribution in [0, 0.1) is 10.1 Å². The predicted molar refractivity (Wildman–Crippen MR) is 88.1 cm³/mol. The average Bonchev–Trinajstić information content (AvgIpc) is 2.53. The average molecular weight is 382 g/mol. The van der Waals surface area contributed by atoms with E-state index in [9.17, 15) is 14.9 Å². The molecule has 7 heteroatoms. The zero-order valence-corrected chi connectivity index (χ0v) is 14.0. The van der Waals surface area contributed by atoms with Gasteiger partial charge in [0.25, 0.3) is 5.69 Å². The first kappa shape index (κ1) is 16.5. The van der Waals surface area contributed by atoms with E-state index in [1.165, 1.54) is 31.0 Å². The SMILES string of the molecule is COC(=O)c1cc(Br)cc([N+](=O)[O-])c1SCc1ccccc1. The van der Waals surface area contributed by atoms with Gasteiger partial charge in [0.15, 0.2) is 0 Å². The molecule has 114 valence electrons. The van der Waals surface area contributed by atoms with Crippen LogP contribution in [-0.2, 0) is 10.5 Å². The van der Waals surface area contributed by atoms with Gasteiger partial charge in [-0.05, 0) is 11.6 Å². The van der Waals surface area contributed by atoms with Crippen LogP contribution in [0.25, 0.3) is 0 Å². The maximum atomic E-state index is 11.9. The lowest BCUT2D eigenvalue weighted by atomic mass is 10.2. The predicted octanol–water partition coefficient (Wildman–Crippen LogP) is 4.44. The molecule has 0 spiro atoms. The molecule has 0 atom stereocenters. The molecule has 0 bridgehead atoms. The van der Waals surface area contributed by atoms with Crippen molar-refractivity contribution in [3.63, 3.8) is 0 Å². The molecule has 2 aromatic carbocycles. The summed E-state index contributed by atoms with van der Waals surface area (Å²) in [6, 6.07) is 12.5. The van der Waals surface area contributed by atoms with Gasteiger partial charge in [0.1, 0.15) is 4.90 Å². The number of carbonyl (C=O) groups is 1. The molecule has 2 rings (SSSR count). The van der Waals surface area contributed by atoms with Gasteiger partial charge in [-0.15, -0.1) is 11.8 Å². The van der Waals surface area contributed by atoms with Crippen molar-refractivity contribution in [1.82, 2.24) is 0 Å². The highest BCUT2D eigenvalue weighted by Crippen LogP contribution is 2.37. The maximum Gasteiger partial charge on any atom is 0.339 e. The van der Waals surface area contributed by atoms with E-state index in [0.717, 1.165) is 5.56 Å². The number of carbonyl (C=O) groups excluding carboxylic acids is 1. The van der Waals surface area contributed by atoms with Gasteiger partial charge in [0.2, 0.25) is 0 Å². The zero-order chi connectivity index (χ0) is 16.1. The van der Waals surface area contributed by atoms with Crippen molar-refractivity contribution in [2.24, 2.45) is 0 Å². The van der Waals surface area contributed by atoms with Gasteiger partial charge in [-0.1, -0.05) is 46.3 Å². The van der Waals surface area contributed by atoms with E-state index < -0.39 is 10.9 Å². The number of esters is 1. The molecule has 0 unspecified atom stereocenters. The van der Waals surface area contributed by atoms with E-state index in [2.05, 4.69) is 15.9 Å². The number of hydrogen-bond acceptors (Lipinski definition) is 5. The number of rotatable bonds is 5. The standard InChI is InChI=1S/C15H12BrNO4S/c1-21-15(18)12-7-11(16)8-13(17(19)20)14(12)22-9-10-5-3-2-4-6-10/h2-8H,9H2,1H3. The summed E-state index contributed by atoms with van der Waals surface area (Å²) in [7, 11) is 1.25. The molecule has 0 aliphatic carbocycles. The monoisotopic (exact) mass is 381 g/mol. The van der Waals surface area contributed by atoms with E-state index in [1.807, 2.05) is 30.3 Å². The summed E-state index contributed by atoms with van der Waals surface area (Å²) in [6.45, 7) is 0. The first-order chi connectivity index (χ1) is 10.5. The van der Waals surface area contributed by atoms with E-state index in [1.54, 1.807) is 0 Å². The summed E-state index contributed by atoms with van der Waals surface area (Å²) < 4.78 is 5.18. The minimum Gasteiger partial charge on any atom is -0.465 e. The molecule has 2 aromatic rings. The Hall–Kier alpha value is -1.86. The second-order valence-electron chi connectivity index (χ2n) is 4.32. The van der Waals surface area contributed by atoms with Gasteiger partial charge >= 0.3 is 5.97 Å². The second kappa shape index (κ2) is 7.42. The van der Waals surface area contributed by atoms with Crippen molar-refractivity contribution < 1.29 is 14.5 Å². The number of methoxy groups -OCH3 is 1. The minimum atomic E-state index is -0.597. The van der Waals surface area contributed by atoms with Crippen LogP contribution in [0.15, 0.2) is 51.8 Å². The molecule has 0 aliphatic rings. The lowest BCUT2D eigenvalue weighted by Gasteiger charge is -2.09. The molecule has 0 amide bonds. The lowest BCUT2D eigenvalue weighted by molar-refractivity contribution is -0.387. The second-order valence-corrected chi connectivity index (χ2v) is 6.23. The topological polar surface area (TPSA) is 69.4 Å². The molecule has 0 aromatic heterocycles. The Kier molecular flexibility index (Phi) is 5.57. The maximum absolute atomic E-state index is 11.9. The molecular formula is C15H12BrNO4S. The summed E-state index contributed by atoms with van der Waals surface area (Å²) in [6.07, 6.45) is 0. The number of nitro benzene ring substituents is 1. The Bertz CT molecular complexity index is 706. The number of thioether (sulfide) groups is 1. The van der Waals surface area contributed by atoms with Crippen LogP contribution in [0.5, 0.6) is 0 Å². The molecule has 0 radical (unpaired) electrons. The van der Waals surface area contributed by atoms with Crippen LogP contribution in [0.2, 0.25) is 0 Å². The van der Waals surface area contributed by atoms with Crippen molar-refractivity contribution in [3.05, 3.63) is 68.2 Å². The smallest absolute Gasteiger partial charge is 0.339 e. The van der Waals surface area contributed by atoms with E-state index in [-0.39, 0.29) is 11.3 Å². The van der Waals surface area contributed by atoms with Crippen LogP contribution in [0.4, 0.5) is 5.69 Å². The van der Waals surface area contributed by atoms with Gasteiger partial charge in [0.05, 0.1) is 17.6 Å². The molecule has 0 fully saturated rings. The Balaban J connectivity index is 2.42. The fourth-order valence-electron chi connectivity index (χ4n) is 1.86. The Morgan fingerprint density at radius 2 is 2.00 bits per heavy atom. The highest BCUT2D eigenvalue weighted by atomic mass is 79.9. The molecular weight excluding hydrogens is 370 g/mol. The molecule has 0 heterocycles. The van der Waals surface area contributed by atoms with Crippen LogP contribution < -0.4 is 0 Å². The summed E-state index contributed by atoms with van der Waals surface area (Å²) in [5, 5.41) is 11.3. The van der Waals surface area contributed by atoms with Gasteiger partial charge < -0.3 is 4.74 Å². The highest BCUT2D eigenvalue weighted by Gasteiger charge is 2.24. The van der Waals surface area contributed by atoms with E-state index in [4.69, 9.17) is 4.74 Å². The molecule has 5 nitrogen and oxygen atoms in total. The van der Waals surface area contributed by atoms with Crippen LogP contribution in [-0.4, -0.2) is 18.0 Å². The largest absolute Gasteiger partial charge is 0.465 e. The fraction of sp³-hybridized carbons (Fsp3) is 0.133. The number of nitro groups is 1. The Labute approximate surface area is 140 Å². The first-order valence-corrected chi connectivity index (χ1v) is 8.03. The number of hydrogen-bond donors (Lipinski definition) is 0. The lowest BCUT2D eigenvalue weighted by Crippen LogP contribution is -2.06. The Morgan fingerprint density at radius 1 is 1.32 bits per heavy atom. The van der Waals surface area contributed by atoms with E-state index in [0.29, 0.717) is 15.1 Å². The summed E-state index contributed by atoms with van der Waals surface area (Å²) in [5.41, 5.74) is 1.08. The number of benzene rings is 2. The number of nitrogens with zero attached hydrogens (tertiary/aromatic N) is 1. The molecule has 22 heavy (non-hydrogen) atoms. The van der Waals surface area contributed by atoms with Gasteiger partial charge in [-0.25, -0.2) is 4.79 Å². The van der Waals surface area contributed by atoms with Crippen molar-refractivity contribution in [1.29, 1.82) is 0 Å². The number of halogens is 1. The summed E-state index contributed by atoms with van der Waals surface area (Å²) in [5.74, 6) is -0.0761. The normalized spacial score (nSPS) is 10.3. The van der Waals surface area contributed by atoms with Crippen molar-refractivity contribution in [3.8, 4) is 0 Å². The third kappa shape index (κ3) is 3.86. The van der Waals surface area contributed by atoms with Crippen LogP contribution >= 0.6 is 27.7 Å². The van der Waals surface area contributed by atoms with Crippen molar-refractivity contribution in [2.75, 3.05) is 7.11 Å². The minimum absolute atomic E-state index is 0.115. The zero-order valence-electron chi connectivity index (χ0n) is 11.6. The van der Waals surface area contributed by atoms with Gasteiger partial charge in [-0.3, -0.25) is 10.1 Å². The van der Waals surface area contributed by atoms with Crippen molar-refractivity contribution in [2.45, 2.75) is 10.6 Å². The third-order valence-electron chi connectivity index (χ3n) is 2.86. The Morgan fingerprint density at radius 3 is 2.59 bits per heavy atom. The van der Waals surface area contributed by atoms with E-state index >= 15 is 0 Å². The third-order valence-corrected chi connectivity index (χ3v) is 4.52. The molecule has 0 N–H and O–H groups in total. The van der Waals surface area contributed by atoms with Gasteiger partial charge in [-0.2, -0.15) is 0 Å². The summed E-state index contributed by atoms with van der Waals surface area (Å²) in [4.78, 5) is 23.0. The quantitative estimate of drug-likeness (QED) is 0.331. The molecule has 0 saturated carbocycles. The first-order valence-electron chi connectivity index (χ1n) is 6.26. The summed E-state index contributed by atoms with van der Waals surface area (Å²) >= 11 is 4.43. The van der Waals surface area contributed by atoms with Crippen molar-refractivity contribution >= 4 is 39.3 Å². The number of ether oxygens (including phenoxy) is 1. The van der Waals surface area contributed by atoms with Gasteiger partial charge in [0, 0.05) is 16.3 Å². The fourth-order valence-corrected chi connectivity index (χ4v) is 3.39.